The summed E-state index contributed by atoms with van der Waals surface area (Å²) in [5.41, 5.74) is 2.66. The number of aliphatic hydroxyl groups excluding tert-OH is 1. The molecule has 33 heavy (non-hydrogen) atoms. The van der Waals surface area contributed by atoms with Gasteiger partial charge in [0.1, 0.15) is 23.3 Å². The highest BCUT2D eigenvalue weighted by Gasteiger charge is 2.39. The number of aromatic nitrogens is 3. The lowest BCUT2D eigenvalue weighted by Gasteiger charge is -2.32. The molecule has 1 aliphatic carbocycles. The Bertz CT molecular complexity index is 1200. The molecule has 4 heterocycles. The largest absolute Gasteiger partial charge is 0.490 e. The van der Waals surface area contributed by atoms with Crippen LogP contribution < -0.4 is 10.1 Å². The van der Waals surface area contributed by atoms with Crippen LogP contribution in [-0.4, -0.2) is 58.1 Å². The number of pyridine rings is 2. The fourth-order valence-corrected chi connectivity index (χ4v) is 4.52. The first-order valence-corrected chi connectivity index (χ1v) is 11.1. The summed E-state index contributed by atoms with van der Waals surface area (Å²) in [5, 5.41) is 13.3. The van der Waals surface area contributed by atoms with E-state index in [1.54, 1.807) is 13.3 Å². The number of aryl methyl sites for hydroxylation is 1. The molecule has 1 saturated carbocycles. The molecular formula is C24H28N4O5. The first-order chi connectivity index (χ1) is 15.9. The van der Waals surface area contributed by atoms with Crippen molar-refractivity contribution < 1.29 is 24.1 Å². The fourth-order valence-electron chi connectivity index (χ4n) is 4.52. The minimum Gasteiger partial charge on any atom is -0.490 e. The molecule has 2 fully saturated rings. The van der Waals surface area contributed by atoms with Crippen LogP contribution in [0.4, 0.5) is 5.82 Å². The van der Waals surface area contributed by atoms with Gasteiger partial charge in [0.25, 0.3) is 0 Å². The van der Waals surface area contributed by atoms with Gasteiger partial charge in [-0.25, -0.2) is 9.97 Å². The van der Waals surface area contributed by atoms with E-state index in [-0.39, 0.29) is 18.1 Å². The number of hydrogen-bond acceptors (Lipinski definition) is 7. The fraction of sp³-hybridized carbons (Fsp3) is 0.458. The zero-order valence-corrected chi connectivity index (χ0v) is 19.0. The molecular weight excluding hydrogens is 424 g/mol. The normalized spacial score (nSPS) is 24.6. The number of carbonyl (C=O) groups is 1. The van der Waals surface area contributed by atoms with Crippen LogP contribution in [0, 0.1) is 0 Å². The van der Waals surface area contributed by atoms with Gasteiger partial charge in [0.15, 0.2) is 0 Å². The van der Waals surface area contributed by atoms with Gasteiger partial charge >= 0.3 is 0 Å². The van der Waals surface area contributed by atoms with Gasteiger partial charge in [0, 0.05) is 76.2 Å². The van der Waals surface area contributed by atoms with Crippen LogP contribution in [0.15, 0.2) is 30.6 Å². The molecule has 0 bridgehead atoms. The SMILES string of the molecule is COC1(c2cc(OC3CC(O)C3)cc(-c3cn(C)c4cnc(NC(C)=O)cc34)n2)CCOC1. The lowest BCUT2D eigenvalue weighted by Crippen LogP contribution is -2.37. The van der Waals surface area contributed by atoms with Crippen molar-refractivity contribution in [1.82, 2.24) is 14.5 Å². The van der Waals surface area contributed by atoms with E-state index in [4.69, 9.17) is 19.2 Å². The van der Waals surface area contributed by atoms with E-state index in [2.05, 4.69) is 10.3 Å². The van der Waals surface area contributed by atoms with Crippen LogP contribution in [-0.2, 0) is 26.9 Å². The van der Waals surface area contributed by atoms with Gasteiger partial charge in [0.05, 0.1) is 35.8 Å². The summed E-state index contributed by atoms with van der Waals surface area (Å²) in [6.07, 6.45) is 5.34. The van der Waals surface area contributed by atoms with Crippen molar-refractivity contribution in [3.8, 4) is 17.0 Å². The Kier molecular flexibility index (Phi) is 5.55. The summed E-state index contributed by atoms with van der Waals surface area (Å²) in [5.74, 6) is 0.987. The maximum absolute atomic E-state index is 11.5. The first kappa shape index (κ1) is 21.8. The second-order valence-corrected chi connectivity index (χ2v) is 8.86. The number of amides is 1. The van der Waals surface area contributed by atoms with Crippen LogP contribution >= 0.6 is 0 Å². The number of hydrogen-bond donors (Lipinski definition) is 2. The maximum Gasteiger partial charge on any atom is 0.222 e. The standard InChI is InChI=1S/C24H28N4O5/c1-14(29)26-23-10-18-19(12-28(2)21(18)11-25-23)20-8-17(33-16-6-15(30)7-16)9-22(27-20)24(31-3)4-5-32-13-24/h8-12,15-16,30H,4-7,13H2,1-3H3,(H,25,26,29). The number of nitrogens with one attached hydrogen (secondary N) is 1. The smallest absolute Gasteiger partial charge is 0.222 e. The molecule has 9 heteroatoms. The molecule has 5 rings (SSSR count). The number of aliphatic hydroxyl groups is 1. The average molecular weight is 453 g/mol. The van der Waals surface area contributed by atoms with E-state index in [1.165, 1.54) is 6.92 Å². The van der Waals surface area contributed by atoms with E-state index in [9.17, 15) is 9.90 Å². The molecule has 0 spiro atoms. The molecule has 2 N–H and O–H groups in total. The molecule has 1 atom stereocenters. The summed E-state index contributed by atoms with van der Waals surface area (Å²) < 4.78 is 19.7. The van der Waals surface area contributed by atoms with Crippen molar-refractivity contribution in [2.24, 2.45) is 7.05 Å². The zero-order valence-electron chi connectivity index (χ0n) is 19.0. The van der Waals surface area contributed by atoms with Gasteiger partial charge < -0.3 is 29.2 Å². The number of carbonyl (C=O) groups excluding carboxylic acids is 1. The number of ether oxygens (including phenoxy) is 3. The van der Waals surface area contributed by atoms with Crippen molar-refractivity contribution in [1.29, 1.82) is 0 Å². The number of fused-ring (bicyclic) bond motifs is 1. The van der Waals surface area contributed by atoms with Crippen LogP contribution in [0.25, 0.3) is 22.2 Å². The van der Waals surface area contributed by atoms with E-state index in [1.807, 2.05) is 36.0 Å². The quantitative estimate of drug-likeness (QED) is 0.592. The van der Waals surface area contributed by atoms with Gasteiger partial charge in [-0.15, -0.1) is 0 Å². The summed E-state index contributed by atoms with van der Waals surface area (Å²) in [7, 11) is 3.62. The Morgan fingerprint density at radius 1 is 1.33 bits per heavy atom. The molecule has 0 aromatic carbocycles. The summed E-state index contributed by atoms with van der Waals surface area (Å²) in [6, 6.07) is 5.69. The van der Waals surface area contributed by atoms with E-state index >= 15 is 0 Å². The number of methoxy groups -OCH3 is 1. The highest BCUT2D eigenvalue weighted by molar-refractivity contribution is 5.98. The molecule has 1 aliphatic heterocycles. The highest BCUT2D eigenvalue weighted by Crippen LogP contribution is 2.39. The molecule has 0 radical (unpaired) electrons. The van der Waals surface area contributed by atoms with Gasteiger partial charge in [-0.05, 0) is 6.07 Å². The van der Waals surface area contributed by atoms with Crippen LogP contribution in [0.1, 0.15) is 31.9 Å². The van der Waals surface area contributed by atoms with Crippen LogP contribution in [0.3, 0.4) is 0 Å². The summed E-state index contributed by atoms with van der Waals surface area (Å²) in [6.45, 7) is 2.48. The molecule has 1 amide bonds. The molecule has 3 aromatic heterocycles. The second-order valence-electron chi connectivity index (χ2n) is 8.86. The third-order valence-corrected chi connectivity index (χ3v) is 6.47. The van der Waals surface area contributed by atoms with Crippen LogP contribution in [0.2, 0.25) is 0 Å². The topological polar surface area (TPSA) is 108 Å². The van der Waals surface area contributed by atoms with Crippen molar-refractivity contribution >= 4 is 22.6 Å². The summed E-state index contributed by atoms with van der Waals surface area (Å²) >= 11 is 0. The third-order valence-electron chi connectivity index (χ3n) is 6.47. The van der Waals surface area contributed by atoms with Gasteiger partial charge in [-0.3, -0.25) is 4.79 Å². The van der Waals surface area contributed by atoms with Crippen LogP contribution in [0.5, 0.6) is 5.75 Å². The number of nitrogens with zero attached hydrogens (tertiary/aromatic N) is 3. The van der Waals surface area contributed by atoms with E-state index < -0.39 is 5.60 Å². The van der Waals surface area contributed by atoms with Crippen molar-refractivity contribution in [2.45, 2.75) is 44.0 Å². The van der Waals surface area contributed by atoms with E-state index in [0.29, 0.717) is 44.0 Å². The van der Waals surface area contributed by atoms with Crippen molar-refractivity contribution in [3.05, 3.63) is 36.3 Å². The Morgan fingerprint density at radius 2 is 2.15 bits per heavy atom. The highest BCUT2D eigenvalue weighted by atomic mass is 16.5. The molecule has 9 nitrogen and oxygen atoms in total. The average Bonchev–Trinajstić information content (AvgIpc) is 3.38. The number of rotatable bonds is 6. The van der Waals surface area contributed by atoms with Gasteiger partial charge in [0.2, 0.25) is 5.91 Å². The Balaban J connectivity index is 1.62. The predicted octanol–water partition coefficient (Wildman–Crippen LogP) is 2.76. The molecule has 2 aliphatic rings. The Labute approximate surface area is 191 Å². The minimum atomic E-state index is -0.638. The lowest BCUT2D eigenvalue weighted by molar-refractivity contribution is -0.114. The zero-order chi connectivity index (χ0) is 23.2. The summed E-state index contributed by atoms with van der Waals surface area (Å²) in [4.78, 5) is 20.9. The Hall–Kier alpha value is -3.01. The third kappa shape index (κ3) is 4.07. The molecule has 1 saturated heterocycles. The molecule has 1 unspecified atom stereocenters. The molecule has 3 aromatic rings. The van der Waals surface area contributed by atoms with Gasteiger partial charge in [-0.1, -0.05) is 0 Å². The Morgan fingerprint density at radius 3 is 2.82 bits per heavy atom. The van der Waals surface area contributed by atoms with Crippen molar-refractivity contribution in [2.75, 3.05) is 25.6 Å². The van der Waals surface area contributed by atoms with Gasteiger partial charge in [-0.2, -0.15) is 0 Å². The van der Waals surface area contributed by atoms with E-state index in [0.717, 1.165) is 27.9 Å². The first-order valence-electron chi connectivity index (χ1n) is 11.1. The second kappa shape index (κ2) is 8.40. The lowest BCUT2D eigenvalue weighted by atomic mass is 9.92. The minimum absolute atomic E-state index is 0.0236. The number of anilines is 1. The molecule has 174 valence electrons. The maximum atomic E-state index is 11.5. The van der Waals surface area contributed by atoms with Crippen molar-refractivity contribution in [3.63, 3.8) is 0 Å². The predicted molar refractivity (Wildman–Crippen MR) is 122 cm³/mol. The monoisotopic (exact) mass is 452 g/mol.